The Labute approximate surface area is 216 Å². The molecule has 2 aromatic rings. The van der Waals surface area contributed by atoms with Gasteiger partial charge in [-0.15, -0.1) is 11.3 Å². The summed E-state index contributed by atoms with van der Waals surface area (Å²) in [5, 5.41) is 15.2. The fourth-order valence-electron chi connectivity index (χ4n) is 6.49. The summed E-state index contributed by atoms with van der Waals surface area (Å²) < 4.78 is 10.4. The van der Waals surface area contributed by atoms with Crippen molar-refractivity contribution in [3.05, 3.63) is 45.8 Å². The summed E-state index contributed by atoms with van der Waals surface area (Å²) in [4.78, 5) is 29.4. The highest BCUT2D eigenvalue weighted by molar-refractivity contribution is 7.17. The summed E-state index contributed by atoms with van der Waals surface area (Å²) in [7, 11) is 3.04. The van der Waals surface area contributed by atoms with Gasteiger partial charge in [0.25, 0.3) is 0 Å². The van der Waals surface area contributed by atoms with E-state index in [4.69, 9.17) is 9.47 Å². The molecule has 8 heteroatoms. The third-order valence-corrected chi connectivity index (χ3v) is 9.50. The van der Waals surface area contributed by atoms with Crippen LogP contribution < -0.4 is 10.1 Å². The second-order valence-corrected chi connectivity index (χ2v) is 11.5. The first-order chi connectivity index (χ1) is 17.4. The van der Waals surface area contributed by atoms with Gasteiger partial charge in [-0.1, -0.05) is 25.0 Å². The van der Waals surface area contributed by atoms with E-state index in [1.54, 1.807) is 7.11 Å². The number of ether oxygens (including phenoxy) is 2. The van der Waals surface area contributed by atoms with Gasteiger partial charge in [0.2, 0.25) is 5.91 Å². The summed E-state index contributed by atoms with van der Waals surface area (Å²) in [5.41, 5.74) is 1.96. The van der Waals surface area contributed by atoms with Crippen molar-refractivity contribution in [3.63, 3.8) is 0 Å². The van der Waals surface area contributed by atoms with E-state index in [1.807, 2.05) is 12.1 Å². The second kappa shape index (κ2) is 10.5. The third-order valence-electron chi connectivity index (χ3n) is 8.29. The first kappa shape index (κ1) is 25.2. The van der Waals surface area contributed by atoms with Crippen LogP contribution in [0.5, 0.6) is 5.75 Å². The highest BCUT2D eigenvalue weighted by Gasteiger charge is 2.49. The molecule has 0 spiro atoms. The normalized spacial score (nSPS) is 26.0. The number of carbonyl (C=O) groups excluding carboxylic acids is 2. The lowest BCUT2D eigenvalue weighted by molar-refractivity contribution is -0.135. The number of anilines is 1. The van der Waals surface area contributed by atoms with Crippen LogP contribution in [0.25, 0.3) is 0 Å². The minimum atomic E-state index is -0.694. The van der Waals surface area contributed by atoms with Gasteiger partial charge in [0.05, 0.1) is 31.9 Å². The molecule has 3 atom stereocenters. The average molecular weight is 513 g/mol. The summed E-state index contributed by atoms with van der Waals surface area (Å²) in [6, 6.07) is 7.94. The molecule has 7 nitrogen and oxygen atoms in total. The quantitative estimate of drug-likeness (QED) is 0.544. The smallest absolute Gasteiger partial charge is 0.341 e. The van der Waals surface area contributed by atoms with E-state index in [1.165, 1.54) is 23.3 Å². The number of carbonyl (C=O) groups is 2. The standard InChI is InChI=1S/C28H36N2O5S/c1-34-19-12-10-18(11-13-19)25-21-8-5-6-14-28(21,33)15-16-30(25)17-23(31)29-26-24(27(32)35-2)20-7-3-4-9-22(20)36-26/h10-13,21,25,33H,3-9,14-17H2,1-2H3,(H,29,31)/t21-,25-,28+/m0/s1. The molecule has 0 radical (unpaired) electrons. The van der Waals surface area contributed by atoms with Crippen LogP contribution in [-0.2, 0) is 22.4 Å². The Bertz CT molecular complexity index is 1110. The molecule has 2 heterocycles. The monoisotopic (exact) mass is 512 g/mol. The number of methoxy groups -OCH3 is 2. The number of rotatable bonds is 6. The molecule has 0 bridgehead atoms. The van der Waals surface area contributed by atoms with Gasteiger partial charge in [0.15, 0.2) is 0 Å². The molecule has 1 aromatic carbocycles. The number of aryl methyl sites for hydroxylation is 1. The zero-order valence-electron chi connectivity index (χ0n) is 21.2. The number of aliphatic hydroxyl groups is 1. The van der Waals surface area contributed by atoms with Gasteiger partial charge >= 0.3 is 5.97 Å². The van der Waals surface area contributed by atoms with Crippen molar-refractivity contribution >= 4 is 28.2 Å². The van der Waals surface area contributed by atoms with Crippen molar-refractivity contribution in [2.45, 2.75) is 69.4 Å². The molecule has 0 unspecified atom stereocenters. The third kappa shape index (κ3) is 4.78. The van der Waals surface area contributed by atoms with Gasteiger partial charge in [-0.2, -0.15) is 0 Å². The van der Waals surface area contributed by atoms with E-state index >= 15 is 0 Å². The molecule has 1 aliphatic heterocycles. The Hall–Kier alpha value is -2.42. The van der Waals surface area contributed by atoms with Crippen LogP contribution >= 0.6 is 11.3 Å². The molecule has 1 saturated carbocycles. The Balaban J connectivity index is 1.40. The van der Waals surface area contributed by atoms with Crippen LogP contribution in [0.15, 0.2) is 24.3 Å². The van der Waals surface area contributed by atoms with Crippen LogP contribution in [0.2, 0.25) is 0 Å². The van der Waals surface area contributed by atoms with Crippen LogP contribution in [0.1, 0.15) is 77.3 Å². The molecular formula is C28H36N2O5S. The number of hydrogen-bond acceptors (Lipinski definition) is 7. The minimum absolute atomic E-state index is 0.0580. The first-order valence-electron chi connectivity index (χ1n) is 13.1. The number of thiophene rings is 1. The summed E-state index contributed by atoms with van der Waals surface area (Å²) in [6.45, 7) is 0.842. The molecule has 3 aliphatic rings. The maximum atomic E-state index is 13.4. The first-order valence-corrected chi connectivity index (χ1v) is 13.9. The zero-order chi connectivity index (χ0) is 25.3. The molecule has 1 saturated heterocycles. The maximum Gasteiger partial charge on any atom is 0.341 e. The largest absolute Gasteiger partial charge is 0.497 e. The number of likely N-dealkylation sites (tertiary alicyclic amines) is 1. The molecule has 2 fully saturated rings. The van der Waals surface area contributed by atoms with Crippen molar-refractivity contribution in [2.75, 3.05) is 32.6 Å². The van der Waals surface area contributed by atoms with E-state index in [2.05, 4.69) is 22.3 Å². The van der Waals surface area contributed by atoms with Crippen molar-refractivity contribution in [1.29, 1.82) is 0 Å². The highest BCUT2D eigenvalue weighted by Crippen LogP contribution is 2.49. The molecule has 2 aliphatic carbocycles. The van der Waals surface area contributed by atoms with E-state index in [0.717, 1.165) is 68.2 Å². The molecule has 1 aromatic heterocycles. The van der Waals surface area contributed by atoms with Gasteiger partial charge in [0, 0.05) is 23.4 Å². The van der Waals surface area contributed by atoms with Crippen molar-refractivity contribution < 1.29 is 24.2 Å². The van der Waals surface area contributed by atoms with Gasteiger partial charge in [0.1, 0.15) is 10.8 Å². The zero-order valence-corrected chi connectivity index (χ0v) is 22.0. The van der Waals surface area contributed by atoms with E-state index in [9.17, 15) is 14.7 Å². The summed E-state index contributed by atoms with van der Waals surface area (Å²) >= 11 is 1.51. The predicted octanol–water partition coefficient (Wildman–Crippen LogP) is 4.73. The summed E-state index contributed by atoms with van der Waals surface area (Å²) in [5.74, 6) is 0.334. The number of esters is 1. The molecule has 194 valence electrons. The maximum absolute atomic E-state index is 13.4. The van der Waals surface area contributed by atoms with Gasteiger partial charge in [-0.25, -0.2) is 4.79 Å². The minimum Gasteiger partial charge on any atom is -0.497 e. The van der Waals surface area contributed by atoms with E-state index < -0.39 is 5.60 Å². The second-order valence-electron chi connectivity index (χ2n) is 10.3. The predicted molar refractivity (Wildman–Crippen MR) is 140 cm³/mol. The average Bonchev–Trinajstić information content (AvgIpc) is 3.26. The molecule has 2 N–H and O–H groups in total. The summed E-state index contributed by atoms with van der Waals surface area (Å²) in [6.07, 6.45) is 8.47. The van der Waals surface area contributed by atoms with Crippen LogP contribution in [0.3, 0.4) is 0 Å². The molecule has 5 rings (SSSR count). The van der Waals surface area contributed by atoms with Crippen molar-refractivity contribution in [1.82, 2.24) is 4.90 Å². The van der Waals surface area contributed by atoms with Crippen LogP contribution in [0, 0.1) is 5.92 Å². The molecule has 36 heavy (non-hydrogen) atoms. The number of hydrogen-bond donors (Lipinski definition) is 2. The van der Waals surface area contributed by atoms with Gasteiger partial charge < -0.3 is 19.9 Å². The number of piperidine rings is 1. The lowest BCUT2D eigenvalue weighted by Gasteiger charge is -2.52. The Morgan fingerprint density at radius 1 is 1.11 bits per heavy atom. The van der Waals surface area contributed by atoms with Gasteiger partial charge in [-0.05, 0) is 68.2 Å². The fourth-order valence-corrected chi connectivity index (χ4v) is 7.78. The fraction of sp³-hybridized carbons (Fsp3) is 0.571. The SMILES string of the molecule is COC(=O)c1c(NC(=O)CN2CC[C@]3(O)CCCC[C@H]3[C@@H]2c2ccc(OC)cc2)sc2c1CCCC2. The lowest BCUT2D eigenvalue weighted by Crippen LogP contribution is -2.56. The van der Waals surface area contributed by atoms with Crippen molar-refractivity contribution in [3.8, 4) is 5.75 Å². The Kier molecular flexibility index (Phi) is 7.37. The Morgan fingerprint density at radius 2 is 1.89 bits per heavy atom. The molecular weight excluding hydrogens is 476 g/mol. The molecule has 1 amide bonds. The van der Waals surface area contributed by atoms with E-state index in [-0.39, 0.29) is 30.4 Å². The number of nitrogens with zero attached hydrogens (tertiary/aromatic N) is 1. The number of nitrogens with one attached hydrogen (secondary N) is 1. The van der Waals surface area contributed by atoms with Crippen LogP contribution in [0.4, 0.5) is 5.00 Å². The number of fused-ring (bicyclic) bond motifs is 2. The van der Waals surface area contributed by atoms with Crippen LogP contribution in [-0.4, -0.2) is 54.8 Å². The highest BCUT2D eigenvalue weighted by atomic mass is 32.1. The topological polar surface area (TPSA) is 88.1 Å². The Morgan fingerprint density at radius 3 is 2.64 bits per heavy atom. The van der Waals surface area contributed by atoms with Gasteiger partial charge in [-0.3, -0.25) is 9.69 Å². The van der Waals surface area contributed by atoms with Crippen molar-refractivity contribution in [2.24, 2.45) is 5.92 Å². The van der Waals surface area contributed by atoms with E-state index in [0.29, 0.717) is 23.5 Å². The number of benzene rings is 1. The number of amides is 1. The lowest BCUT2D eigenvalue weighted by atomic mass is 9.66.